The van der Waals surface area contributed by atoms with Crippen molar-refractivity contribution in [3.8, 4) is 5.75 Å². The Morgan fingerprint density at radius 1 is 1.36 bits per heavy atom. The van der Waals surface area contributed by atoms with Crippen LogP contribution < -0.4 is 14.4 Å². The number of aromatic nitrogens is 2. The molecule has 1 aromatic heterocycles. The fraction of sp³-hybridized carbons (Fsp3) is 0.471. The van der Waals surface area contributed by atoms with Crippen molar-refractivity contribution in [1.29, 1.82) is 0 Å². The fourth-order valence-electron chi connectivity index (χ4n) is 2.70. The van der Waals surface area contributed by atoms with Gasteiger partial charge in [-0.15, -0.1) is 10.2 Å². The van der Waals surface area contributed by atoms with Gasteiger partial charge in [-0.3, -0.25) is 14.4 Å². The summed E-state index contributed by atoms with van der Waals surface area (Å²) in [6.45, 7) is 6.03. The third kappa shape index (κ3) is 4.41. The van der Waals surface area contributed by atoms with E-state index in [-0.39, 0.29) is 12.0 Å². The molecule has 28 heavy (non-hydrogen) atoms. The number of rotatable bonds is 4. The van der Waals surface area contributed by atoms with E-state index in [1.54, 1.807) is 12.1 Å². The van der Waals surface area contributed by atoms with E-state index in [9.17, 15) is 13.2 Å². The van der Waals surface area contributed by atoms with Crippen molar-refractivity contribution < 1.29 is 17.9 Å². The Labute approximate surface area is 172 Å². The second-order valence-electron chi connectivity index (χ2n) is 7.40. The van der Waals surface area contributed by atoms with Gasteiger partial charge in [0.05, 0.1) is 18.5 Å². The van der Waals surface area contributed by atoms with Gasteiger partial charge in [0, 0.05) is 0 Å². The van der Waals surface area contributed by atoms with Gasteiger partial charge >= 0.3 is 0 Å². The Hall–Kier alpha value is -1.85. The van der Waals surface area contributed by atoms with Crippen LogP contribution >= 0.6 is 23.1 Å². The van der Waals surface area contributed by atoms with E-state index in [0.29, 0.717) is 16.6 Å². The Bertz CT molecular complexity index is 998. The second kappa shape index (κ2) is 7.53. The predicted octanol–water partition coefficient (Wildman–Crippen LogP) is 2.72. The molecule has 1 aromatic carbocycles. The largest absolute Gasteiger partial charge is 0.476 e. The van der Waals surface area contributed by atoms with Gasteiger partial charge in [-0.1, -0.05) is 49.9 Å². The van der Waals surface area contributed by atoms with E-state index < -0.39 is 22.0 Å². The molecule has 8 nitrogen and oxygen atoms in total. The fourth-order valence-corrected chi connectivity index (χ4v) is 4.78. The molecule has 1 atom stereocenters. The summed E-state index contributed by atoms with van der Waals surface area (Å²) in [5.41, 5.74) is 1.27. The lowest BCUT2D eigenvalue weighted by Gasteiger charge is -2.35. The molecular formula is C17H22N4O4S3. The van der Waals surface area contributed by atoms with Crippen LogP contribution in [0.2, 0.25) is 0 Å². The molecule has 1 amide bonds. The van der Waals surface area contributed by atoms with E-state index in [1.807, 2.05) is 33.1 Å². The maximum absolute atomic E-state index is 12.6. The minimum absolute atomic E-state index is 0.112. The number of sulfonamides is 1. The number of hydrogen-bond donors (Lipinski definition) is 1. The summed E-state index contributed by atoms with van der Waals surface area (Å²) >= 11 is 2.67. The Morgan fingerprint density at radius 3 is 2.64 bits per heavy atom. The van der Waals surface area contributed by atoms with Crippen molar-refractivity contribution in [2.75, 3.05) is 28.7 Å². The monoisotopic (exact) mass is 442 g/mol. The molecule has 11 heteroatoms. The number of carbonyl (C=O) groups excluding carboxylic acids is 1. The highest BCUT2D eigenvalue weighted by molar-refractivity contribution is 8.00. The first kappa shape index (κ1) is 20.9. The van der Waals surface area contributed by atoms with Crippen molar-refractivity contribution in [1.82, 2.24) is 10.2 Å². The van der Waals surface area contributed by atoms with Crippen molar-refractivity contribution in [2.24, 2.45) is 0 Å². The SMILES string of the molecule is CSc1nnc(NC(=O)[C@H]2CN(S(C)(=O)=O)c3cc(C(C)(C)C)ccc3O2)s1. The Morgan fingerprint density at radius 2 is 2.07 bits per heavy atom. The number of amides is 1. The highest BCUT2D eigenvalue weighted by Gasteiger charge is 2.36. The quantitative estimate of drug-likeness (QED) is 0.574. The summed E-state index contributed by atoms with van der Waals surface area (Å²) in [5.74, 6) is -0.116. The number of hydrogen-bond acceptors (Lipinski definition) is 8. The van der Waals surface area contributed by atoms with Gasteiger partial charge in [-0.2, -0.15) is 0 Å². The zero-order valence-electron chi connectivity index (χ0n) is 16.2. The molecular weight excluding hydrogens is 420 g/mol. The molecule has 0 fully saturated rings. The third-order valence-corrected chi connectivity index (χ3v) is 7.16. The number of benzene rings is 1. The van der Waals surface area contributed by atoms with Crippen LogP contribution in [0.5, 0.6) is 5.75 Å². The zero-order valence-corrected chi connectivity index (χ0v) is 18.7. The zero-order chi connectivity index (χ0) is 20.7. The number of thioether (sulfide) groups is 1. The maximum Gasteiger partial charge on any atom is 0.269 e. The lowest BCUT2D eigenvalue weighted by molar-refractivity contribution is -0.122. The summed E-state index contributed by atoms with van der Waals surface area (Å²) < 4.78 is 32.6. The second-order valence-corrected chi connectivity index (χ2v) is 11.3. The molecule has 152 valence electrons. The lowest BCUT2D eigenvalue weighted by atomic mass is 9.86. The number of nitrogens with one attached hydrogen (secondary N) is 1. The van der Waals surface area contributed by atoms with E-state index in [0.717, 1.165) is 16.2 Å². The molecule has 2 aromatic rings. The molecule has 1 N–H and O–H groups in total. The normalized spacial score (nSPS) is 17.0. The summed E-state index contributed by atoms with van der Waals surface area (Å²) in [5, 5.41) is 10.8. The first-order chi connectivity index (χ1) is 13.0. The number of fused-ring (bicyclic) bond motifs is 1. The van der Waals surface area contributed by atoms with Crippen molar-refractivity contribution in [3.05, 3.63) is 23.8 Å². The van der Waals surface area contributed by atoms with Crippen molar-refractivity contribution >= 4 is 49.8 Å². The predicted molar refractivity (Wildman–Crippen MR) is 112 cm³/mol. The summed E-state index contributed by atoms with van der Waals surface area (Å²) in [6.07, 6.45) is 1.99. The number of anilines is 2. The van der Waals surface area contributed by atoms with Crippen LogP contribution in [-0.4, -0.2) is 49.7 Å². The van der Waals surface area contributed by atoms with E-state index in [4.69, 9.17) is 4.74 Å². The van der Waals surface area contributed by atoms with E-state index in [2.05, 4.69) is 15.5 Å². The standard InChI is InChI=1S/C17H22N4O4S3/c1-17(2,3)10-6-7-12-11(8-10)21(28(5,23)24)9-13(25-12)14(22)18-15-19-20-16(26-4)27-15/h6-8,13H,9H2,1-5H3,(H,18,19,22)/t13-/m1/s1. The average molecular weight is 443 g/mol. The van der Waals surface area contributed by atoms with Crippen LogP contribution in [0.4, 0.5) is 10.8 Å². The van der Waals surface area contributed by atoms with Crippen LogP contribution in [0.25, 0.3) is 0 Å². The van der Waals surface area contributed by atoms with Gasteiger partial charge < -0.3 is 4.74 Å². The smallest absolute Gasteiger partial charge is 0.269 e. The van der Waals surface area contributed by atoms with Gasteiger partial charge in [-0.05, 0) is 29.4 Å². The molecule has 2 heterocycles. The van der Waals surface area contributed by atoms with Gasteiger partial charge in [-0.25, -0.2) is 8.42 Å². The van der Waals surface area contributed by atoms with Gasteiger partial charge in [0.25, 0.3) is 5.91 Å². The minimum Gasteiger partial charge on any atom is -0.476 e. The first-order valence-electron chi connectivity index (χ1n) is 8.46. The molecule has 0 aliphatic carbocycles. The molecule has 0 bridgehead atoms. The third-order valence-electron chi connectivity index (χ3n) is 4.20. The van der Waals surface area contributed by atoms with Gasteiger partial charge in [0.15, 0.2) is 10.4 Å². The first-order valence-corrected chi connectivity index (χ1v) is 12.4. The number of ether oxygens (including phenoxy) is 1. The van der Waals surface area contributed by atoms with Gasteiger partial charge in [0.1, 0.15) is 5.75 Å². The van der Waals surface area contributed by atoms with Crippen molar-refractivity contribution in [3.63, 3.8) is 0 Å². The molecule has 0 unspecified atom stereocenters. The van der Waals surface area contributed by atoms with Crippen LogP contribution in [0, 0.1) is 0 Å². The molecule has 1 aliphatic heterocycles. The summed E-state index contributed by atoms with van der Waals surface area (Å²) in [6, 6.07) is 5.40. The lowest BCUT2D eigenvalue weighted by Crippen LogP contribution is -2.48. The number of carbonyl (C=O) groups is 1. The Balaban J connectivity index is 1.90. The molecule has 0 spiro atoms. The average Bonchev–Trinajstić information content (AvgIpc) is 3.06. The summed E-state index contributed by atoms with van der Waals surface area (Å²) in [7, 11) is -3.60. The van der Waals surface area contributed by atoms with Crippen molar-refractivity contribution in [2.45, 2.75) is 36.6 Å². The highest BCUT2D eigenvalue weighted by Crippen LogP contribution is 2.38. The molecule has 3 rings (SSSR count). The molecule has 0 radical (unpaired) electrons. The highest BCUT2D eigenvalue weighted by atomic mass is 32.2. The van der Waals surface area contributed by atoms with Crippen LogP contribution in [0.15, 0.2) is 22.5 Å². The van der Waals surface area contributed by atoms with E-state index in [1.165, 1.54) is 27.4 Å². The van der Waals surface area contributed by atoms with Crippen LogP contribution in [0.3, 0.4) is 0 Å². The Kier molecular flexibility index (Phi) is 5.61. The minimum atomic E-state index is -3.60. The summed E-state index contributed by atoms with van der Waals surface area (Å²) in [4.78, 5) is 12.6. The van der Waals surface area contributed by atoms with Crippen LogP contribution in [0.1, 0.15) is 26.3 Å². The number of nitrogens with zero attached hydrogens (tertiary/aromatic N) is 3. The maximum atomic E-state index is 12.6. The topological polar surface area (TPSA) is 101 Å². The molecule has 0 saturated heterocycles. The van der Waals surface area contributed by atoms with Crippen LogP contribution in [-0.2, 0) is 20.2 Å². The van der Waals surface area contributed by atoms with E-state index >= 15 is 0 Å². The molecule has 1 aliphatic rings. The molecule has 0 saturated carbocycles. The van der Waals surface area contributed by atoms with Gasteiger partial charge in [0.2, 0.25) is 15.2 Å².